The summed E-state index contributed by atoms with van der Waals surface area (Å²) in [5, 5.41) is 2.87. The van der Waals surface area contributed by atoms with Crippen LogP contribution < -0.4 is 5.32 Å². The number of esters is 1. The molecule has 0 aromatic carbocycles. The number of carbonyl (C=O) groups is 1. The molecule has 0 aromatic heterocycles. The summed E-state index contributed by atoms with van der Waals surface area (Å²) in [5.41, 5.74) is 0. The number of hydrogen-bond donors (Lipinski definition) is 1. The maximum atomic E-state index is 11.7. The summed E-state index contributed by atoms with van der Waals surface area (Å²) in [6, 6.07) is 0. The molecule has 16 heavy (non-hydrogen) atoms. The van der Waals surface area contributed by atoms with E-state index < -0.39 is 10.0 Å². The van der Waals surface area contributed by atoms with Crippen LogP contribution in [0.1, 0.15) is 12.8 Å². The molecule has 0 amide bonds. The molecule has 96 valence electrons. The van der Waals surface area contributed by atoms with Gasteiger partial charge in [-0.2, -0.15) is 0 Å². The minimum atomic E-state index is -3.25. The third-order valence-electron chi connectivity index (χ3n) is 2.16. The first-order valence-electron chi connectivity index (χ1n) is 5.09. The van der Waals surface area contributed by atoms with Gasteiger partial charge in [-0.25, -0.2) is 12.7 Å². The minimum Gasteiger partial charge on any atom is -0.469 e. The van der Waals surface area contributed by atoms with E-state index in [4.69, 9.17) is 0 Å². The highest BCUT2D eigenvalue weighted by Gasteiger charge is 2.17. The summed E-state index contributed by atoms with van der Waals surface area (Å²) in [4.78, 5) is 10.8. The molecule has 0 rings (SSSR count). The molecule has 0 saturated heterocycles. The summed E-state index contributed by atoms with van der Waals surface area (Å²) in [7, 11) is 1.33. The summed E-state index contributed by atoms with van der Waals surface area (Å²) < 4.78 is 29.0. The van der Waals surface area contributed by atoms with Crippen molar-refractivity contribution in [3.05, 3.63) is 0 Å². The second kappa shape index (κ2) is 7.59. The van der Waals surface area contributed by atoms with Crippen molar-refractivity contribution in [2.24, 2.45) is 0 Å². The SMILES string of the molecule is CNCCN(C)S(=O)(=O)CCCC(=O)OC. The second-order valence-electron chi connectivity index (χ2n) is 3.42. The number of ether oxygens (including phenoxy) is 1. The van der Waals surface area contributed by atoms with Gasteiger partial charge in [0, 0.05) is 26.6 Å². The highest BCUT2D eigenvalue weighted by molar-refractivity contribution is 7.89. The number of likely N-dealkylation sites (N-methyl/N-ethyl adjacent to an activating group) is 2. The molecule has 1 N–H and O–H groups in total. The van der Waals surface area contributed by atoms with E-state index in [0.717, 1.165) is 0 Å². The van der Waals surface area contributed by atoms with Gasteiger partial charge in [0.05, 0.1) is 12.9 Å². The van der Waals surface area contributed by atoms with Crippen LogP contribution >= 0.6 is 0 Å². The fraction of sp³-hybridized carbons (Fsp3) is 0.889. The van der Waals surface area contributed by atoms with Crippen LogP contribution in [-0.4, -0.2) is 58.7 Å². The molecule has 0 heterocycles. The fourth-order valence-electron chi connectivity index (χ4n) is 1.07. The van der Waals surface area contributed by atoms with Crippen molar-refractivity contribution in [2.45, 2.75) is 12.8 Å². The molecule has 7 heteroatoms. The maximum absolute atomic E-state index is 11.7. The van der Waals surface area contributed by atoms with E-state index in [1.807, 2.05) is 0 Å². The lowest BCUT2D eigenvalue weighted by Crippen LogP contribution is -2.34. The van der Waals surface area contributed by atoms with Gasteiger partial charge in [-0.3, -0.25) is 4.79 Å². The Morgan fingerprint density at radius 3 is 2.56 bits per heavy atom. The van der Waals surface area contributed by atoms with Gasteiger partial charge in [-0.05, 0) is 13.5 Å². The lowest BCUT2D eigenvalue weighted by Gasteiger charge is -2.16. The van der Waals surface area contributed by atoms with Gasteiger partial charge < -0.3 is 10.1 Å². The number of methoxy groups -OCH3 is 1. The Balaban J connectivity index is 3.99. The molecule has 0 aliphatic carbocycles. The number of nitrogens with zero attached hydrogens (tertiary/aromatic N) is 1. The first-order chi connectivity index (χ1) is 7.44. The Labute approximate surface area is 97.0 Å². The smallest absolute Gasteiger partial charge is 0.305 e. The molecule has 0 aromatic rings. The van der Waals surface area contributed by atoms with E-state index in [1.165, 1.54) is 18.5 Å². The molecule has 0 bridgehead atoms. The van der Waals surface area contributed by atoms with Crippen molar-refractivity contribution in [1.29, 1.82) is 0 Å². The summed E-state index contributed by atoms with van der Waals surface area (Å²) in [6.45, 7) is 1.03. The van der Waals surface area contributed by atoms with E-state index in [9.17, 15) is 13.2 Å². The number of rotatable bonds is 8. The Bertz CT molecular complexity index is 303. The van der Waals surface area contributed by atoms with Crippen molar-refractivity contribution < 1.29 is 17.9 Å². The normalized spacial score (nSPS) is 11.8. The third kappa shape index (κ3) is 6.04. The molecule has 6 nitrogen and oxygen atoms in total. The van der Waals surface area contributed by atoms with Crippen LogP contribution in [-0.2, 0) is 19.6 Å². The van der Waals surface area contributed by atoms with Crippen LogP contribution in [0.4, 0.5) is 0 Å². The van der Waals surface area contributed by atoms with Crippen LogP contribution in [0.2, 0.25) is 0 Å². The molecule has 0 radical (unpaired) electrons. The van der Waals surface area contributed by atoms with Gasteiger partial charge in [0.1, 0.15) is 0 Å². The molecular weight excluding hydrogens is 232 g/mol. The topological polar surface area (TPSA) is 75.7 Å². The third-order valence-corrected chi connectivity index (χ3v) is 4.10. The highest BCUT2D eigenvalue weighted by Crippen LogP contribution is 2.02. The summed E-state index contributed by atoms with van der Waals surface area (Å²) in [6.07, 6.45) is 0.425. The van der Waals surface area contributed by atoms with Crippen LogP contribution in [0, 0.1) is 0 Å². The standard InChI is InChI=1S/C9H20N2O4S/c1-10-6-7-11(2)16(13,14)8-4-5-9(12)15-3/h10H,4-8H2,1-3H3. The van der Waals surface area contributed by atoms with Crippen molar-refractivity contribution in [2.75, 3.05) is 40.0 Å². The molecule has 0 saturated carbocycles. The van der Waals surface area contributed by atoms with Gasteiger partial charge in [0.25, 0.3) is 0 Å². The van der Waals surface area contributed by atoms with E-state index in [2.05, 4.69) is 10.1 Å². The predicted octanol–water partition coefficient (Wildman–Crippen LogP) is -0.579. The lowest BCUT2D eigenvalue weighted by atomic mass is 10.3. The van der Waals surface area contributed by atoms with E-state index in [1.54, 1.807) is 7.05 Å². The maximum Gasteiger partial charge on any atom is 0.305 e. The van der Waals surface area contributed by atoms with Crippen LogP contribution in [0.3, 0.4) is 0 Å². The molecule has 0 spiro atoms. The van der Waals surface area contributed by atoms with Crippen molar-refractivity contribution in [3.8, 4) is 0 Å². The highest BCUT2D eigenvalue weighted by atomic mass is 32.2. The Kier molecular flexibility index (Phi) is 7.27. The van der Waals surface area contributed by atoms with Gasteiger partial charge in [0.15, 0.2) is 0 Å². The van der Waals surface area contributed by atoms with Crippen LogP contribution in [0.15, 0.2) is 0 Å². The Hall–Kier alpha value is -0.660. The average molecular weight is 252 g/mol. The van der Waals surface area contributed by atoms with Gasteiger partial charge >= 0.3 is 5.97 Å². The first kappa shape index (κ1) is 15.3. The number of carbonyl (C=O) groups excluding carboxylic acids is 1. The quantitative estimate of drug-likeness (QED) is 0.585. The van der Waals surface area contributed by atoms with Crippen LogP contribution in [0.25, 0.3) is 0 Å². The zero-order valence-electron chi connectivity index (χ0n) is 10.0. The monoisotopic (exact) mass is 252 g/mol. The first-order valence-corrected chi connectivity index (χ1v) is 6.70. The van der Waals surface area contributed by atoms with E-state index in [0.29, 0.717) is 19.5 Å². The predicted molar refractivity (Wildman–Crippen MR) is 61.6 cm³/mol. The summed E-state index contributed by atoms with van der Waals surface area (Å²) >= 11 is 0. The molecule has 0 fully saturated rings. The number of nitrogens with one attached hydrogen (secondary N) is 1. The molecular formula is C9H20N2O4S. The largest absolute Gasteiger partial charge is 0.469 e. The molecule has 0 aliphatic rings. The van der Waals surface area contributed by atoms with Crippen molar-refractivity contribution >= 4 is 16.0 Å². The Morgan fingerprint density at radius 1 is 1.44 bits per heavy atom. The van der Waals surface area contributed by atoms with Gasteiger partial charge in [0.2, 0.25) is 10.0 Å². The fourth-order valence-corrected chi connectivity index (χ4v) is 2.26. The van der Waals surface area contributed by atoms with Gasteiger partial charge in [-0.15, -0.1) is 0 Å². The van der Waals surface area contributed by atoms with Crippen LogP contribution in [0.5, 0.6) is 0 Å². The number of sulfonamides is 1. The zero-order valence-corrected chi connectivity index (χ0v) is 10.8. The van der Waals surface area contributed by atoms with E-state index >= 15 is 0 Å². The molecule has 0 atom stereocenters. The van der Waals surface area contributed by atoms with Gasteiger partial charge in [-0.1, -0.05) is 0 Å². The Morgan fingerprint density at radius 2 is 2.06 bits per heavy atom. The van der Waals surface area contributed by atoms with Crippen molar-refractivity contribution in [3.63, 3.8) is 0 Å². The van der Waals surface area contributed by atoms with E-state index in [-0.39, 0.29) is 18.1 Å². The minimum absolute atomic E-state index is 0.0255. The molecule has 0 unspecified atom stereocenters. The average Bonchev–Trinajstić information content (AvgIpc) is 2.25. The van der Waals surface area contributed by atoms with Crippen molar-refractivity contribution in [1.82, 2.24) is 9.62 Å². The number of hydrogen-bond acceptors (Lipinski definition) is 5. The lowest BCUT2D eigenvalue weighted by molar-refractivity contribution is -0.140. The second-order valence-corrected chi connectivity index (χ2v) is 5.62. The summed E-state index contributed by atoms with van der Waals surface area (Å²) in [5.74, 6) is -0.407. The zero-order chi connectivity index (χ0) is 12.6. The molecule has 0 aliphatic heterocycles.